The molecule has 1 aliphatic heterocycles. The van der Waals surface area contributed by atoms with Gasteiger partial charge in [0.05, 0.1) is 4.90 Å². The van der Waals surface area contributed by atoms with Gasteiger partial charge in [-0.05, 0) is 55.2 Å². The molecule has 2 amide bonds. The van der Waals surface area contributed by atoms with Crippen molar-refractivity contribution in [2.45, 2.75) is 29.4 Å². The number of carbonyl (C=O) groups is 1. The zero-order valence-electron chi connectivity index (χ0n) is 14.8. The number of urea groups is 1. The molecule has 2 heterocycles. The first-order chi connectivity index (χ1) is 13.0. The monoisotopic (exact) mass is 407 g/mol. The molecule has 144 valence electrons. The Kier molecular flexibility index (Phi) is 6.34. The number of aromatic nitrogens is 1. The summed E-state index contributed by atoms with van der Waals surface area (Å²) in [5.74, 6) is 0. The Hall–Kier alpha value is -2.12. The molecule has 2 aromatic rings. The van der Waals surface area contributed by atoms with Crippen LogP contribution >= 0.6 is 11.6 Å². The number of likely N-dealkylation sites (tertiary alicyclic amines) is 1. The molecular weight excluding hydrogens is 386 g/mol. The molecule has 0 unspecified atom stereocenters. The summed E-state index contributed by atoms with van der Waals surface area (Å²) in [6, 6.07) is 9.21. The number of nitrogens with zero attached hydrogens (tertiary/aromatic N) is 2. The van der Waals surface area contributed by atoms with Crippen molar-refractivity contribution < 1.29 is 13.2 Å². The predicted molar refractivity (Wildman–Crippen MR) is 104 cm³/mol. The number of hydrogen-bond donors (Lipinski definition) is 1. The highest BCUT2D eigenvalue weighted by Crippen LogP contribution is 2.29. The molecule has 0 aliphatic carbocycles. The van der Waals surface area contributed by atoms with Crippen molar-refractivity contribution in [3.63, 3.8) is 0 Å². The molecule has 27 heavy (non-hydrogen) atoms. The fraction of sp³-hybridized carbons (Fsp3) is 0.368. The second-order valence-corrected chi connectivity index (χ2v) is 9.07. The molecule has 1 N–H and O–H groups in total. The van der Waals surface area contributed by atoms with E-state index in [-0.39, 0.29) is 17.5 Å². The zero-order chi connectivity index (χ0) is 19.3. The Morgan fingerprint density at radius 1 is 1.15 bits per heavy atom. The highest BCUT2D eigenvalue weighted by Gasteiger charge is 2.30. The third-order valence-corrected chi connectivity index (χ3v) is 7.02. The number of benzene rings is 1. The smallest absolute Gasteiger partial charge is 0.317 e. The van der Waals surface area contributed by atoms with Crippen LogP contribution in [0.3, 0.4) is 0 Å². The van der Waals surface area contributed by atoms with Gasteiger partial charge in [-0.2, -0.15) is 0 Å². The van der Waals surface area contributed by atoms with Gasteiger partial charge in [0.25, 0.3) is 0 Å². The Morgan fingerprint density at radius 2 is 1.85 bits per heavy atom. The van der Waals surface area contributed by atoms with Gasteiger partial charge in [-0.15, -0.1) is 0 Å². The summed E-state index contributed by atoms with van der Waals surface area (Å²) in [6.45, 7) is 1.38. The van der Waals surface area contributed by atoms with Crippen LogP contribution in [-0.4, -0.2) is 44.0 Å². The van der Waals surface area contributed by atoms with E-state index in [1.165, 1.54) is 18.3 Å². The number of piperidine rings is 1. The minimum Gasteiger partial charge on any atom is -0.336 e. The van der Waals surface area contributed by atoms with Crippen molar-refractivity contribution in [1.29, 1.82) is 0 Å². The van der Waals surface area contributed by atoms with E-state index in [0.717, 1.165) is 19.3 Å². The van der Waals surface area contributed by atoms with Gasteiger partial charge < -0.3 is 10.2 Å². The number of pyridine rings is 1. The quantitative estimate of drug-likeness (QED) is 0.823. The second-order valence-electron chi connectivity index (χ2n) is 6.51. The molecule has 0 bridgehead atoms. The Balaban J connectivity index is 1.83. The summed E-state index contributed by atoms with van der Waals surface area (Å²) in [6.07, 6.45) is 6.17. The van der Waals surface area contributed by atoms with E-state index < -0.39 is 15.1 Å². The highest BCUT2D eigenvalue weighted by atomic mass is 35.5. The van der Waals surface area contributed by atoms with Crippen LogP contribution in [0.25, 0.3) is 0 Å². The molecule has 1 aromatic carbocycles. The van der Waals surface area contributed by atoms with Crippen molar-refractivity contribution in [3.05, 3.63) is 59.4 Å². The number of amides is 2. The summed E-state index contributed by atoms with van der Waals surface area (Å²) in [5.41, 5.74) is 0.534. The molecule has 8 heteroatoms. The maximum Gasteiger partial charge on any atom is 0.317 e. The first-order valence-electron chi connectivity index (χ1n) is 8.90. The maximum atomic E-state index is 13.2. The molecule has 1 aliphatic rings. The lowest BCUT2D eigenvalue weighted by Gasteiger charge is -2.28. The molecule has 1 aromatic heterocycles. The summed E-state index contributed by atoms with van der Waals surface area (Å²) in [4.78, 5) is 18.4. The Morgan fingerprint density at radius 3 is 2.48 bits per heavy atom. The molecule has 6 nitrogen and oxygen atoms in total. The third-order valence-electron chi connectivity index (χ3n) is 4.65. The van der Waals surface area contributed by atoms with Crippen molar-refractivity contribution in [2.75, 3.05) is 19.6 Å². The second kappa shape index (κ2) is 8.71. The number of rotatable bonds is 5. The van der Waals surface area contributed by atoms with Crippen LogP contribution in [0.1, 0.15) is 30.1 Å². The fourth-order valence-corrected chi connectivity index (χ4v) is 4.92. The number of nitrogens with one attached hydrogen (secondary N) is 1. The standard InChI is InChI=1S/C19H22ClN3O3S/c20-16-6-8-17(9-7-16)27(25,26)18(15-5-4-10-21-13-15)14-22-19(24)23-11-2-1-3-12-23/h4-10,13,18H,1-3,11-12,14H2,(H,22,24)/t18-/m1/s1. The highest BCUT2D eigenvalue weighted by molar-refractivity contribution is 7.91. The lowest BCUT2D eigenvalue weighted by Crippen LogP contribution is -2.44. The fourth-order valence-electron chi connectivity index (χ4n) is 3.15. The van der Waals surface area contributed by atoms with E-state index in [1.807, 2.05) is 0 Å². The Bertz CT molecular complexity index is 867. The van der Waals surface area contributed by atoms with Crippen molar-refractivity contribution in [3.8, 4) is 0 Å². The average Bonchev–Trinajstić information content (AvgIpc) is 2.69. The normalized spacial score (nSPS) is 16.0. The van der Waals surface area contributed by atoms with Crippen molar-refractivity contribution in [2.24, 2.45) is 0 Å². The number of carbonyl (C=O) groups excluding carboxylic acids is 1. The number of hydrogen-bond acceptors (Lipinski definition) is 4. The van der Waals surface area contributed by atoms with Gasteiger partial charge in [-0.1, -0.05) is 17.7 Å². The molecule has 1 atom stereocenters. The molecular formula is C19H22ClN3O3S. The third kappa shape index (κ3) is 4.78. The zero-order valence-corrected chi connectivity index (χ0v) is 16.4. The van der Waals surface area contributed by atoms with Gasteiger partial charge in [0.1, 0.15) is 5.25 Å². The minimum atomic E-state index is -3.73. The Labute approximate surface area is 164 Å². The first-order valence-corrected chi connectivity index (χ1v) is 10.8. The molecule has 0 saturated carbocycles. The van der Waals surface area contributed by atoms with Crippen molar-refractivity contribution >= 4 is 27.5 Å². The predicted octanol–water partition coefficient (Wildman–Crippen LogP) is 3.45. The van der Waals surface area contributed by atoms with E-state index in [9.17, 15) is 13.2 Å². The van der Waals surface area contributed by atoms with Gasteiger partial charge >= 0.3 is 6.03 Å². The van der Waals surface area contributed by atoms with Crippen LogP contribution in [-0.2, 0) is 9.84 Å². The van der Waals surface area contributed by atoms with Gasteiger partial charge in [0, 0.05) is 37.1 Å². The number of halogens is 1. The van der Waals surface area contributed by atoms with Crippen LogP contribution in [0.2, 0.25) is 5.02 Å². The lowest BCUT2D eigenvalue weighted by molar-refractivity contribution is 0.186. The molecule has 1 fully saturated rings. The molecule has 0 spiro atoms. The summed E-state index contributed by atoms with van der Waals surface area (Å²) < 4.78 is 26.4. The van der Waals surface area contributed by atoms with Gasteiger partial charge in [-0.25, -0.2) is 13.2 Å². The van der Waals surface area contributed by atoms with E-state index in [2.05, 4.69) is 10.3 Å². The van der Waals surface area contributed by atoms with Gasteiger partial charge in [0.15, 0.2) is 9.84 Å². The topological polar surface area (TPSA) is 79.4 Å². The maximum absolute atomic E-state index is 13.2. The van der Waals surface area contributed by atoms with Crippen LogP contribution in [0.4, 0.5) is 4.79 Å². The van der Waals surface area contributed by atoms with Gasteiger partial charge in [0.2, 0.25) is 0 Å². The van der Waals surface area contributed by atoms with Crippen LogP contribution in [0, 0.1) is 0 Å². The number of sulfone groups is 1. The summed E-state index contributed by atoms with van der Waals surface area (Å²) >= 11 is 5.88. The SMILES string of the molecule is O=C(NC[C@H](c1cccnc1)S(=O)(=O)c1ccc(Cl)cc1)N1CCCCC1. The molecule has 0 radical (unpaired) electrons. The van der Waals surface area contributed by atoms with E-state index in [4.69, 9.17) is 11.6 Å². The van der Waals surface area contributed by atoms with E-state index >= 15 is 0 Å². The first kappa shape index (κ1) is 19.6. The lowest BCUT2D eigenvalue weighted by atomic mass is 10.1. The average molecular weight is 408 g/mol. The van der Waals surface area contributed by atoms with Crippen molar-refractivity contribution in [1.82, 2.24) is 15.2 Å². The van der Waals surface area contributed by atoms with Crippen LogP contribution in [0.5, 0.6) is 0 Å². The van der Waals surface area contributed by atoms with E-state index in [1.54, 1.807) is 35.4 Å². The summed E-state index contributed by atoms with van der Waals surface area (Å²) in [7, 11) is -3.73. The minimum absolute atomic E-state index is 0.0218. The van der Waals surface area contributed by atoms with Crippen LogP contribution in [0.15, 0.2) is 53.7 Å². The summed E-state index contributed by atoms with van der Waals surface area (Å²) in [5, 5.41) is 2.33. The molecule has 1 saturated heterocycles. The molecule has 3 rings (SSSR count). The van der Waals surface area contributed by atoms with E-state index in [0.29, 0.717) is 23.7 Å². The van der Waals surface area contributed by atoms with Gasteiger partial charge in [-0.3, -0.25) is 4.98 Å². The largest absolute Gasteiger partial charge is 0.336 e. The van der Waals surface area contributed by atoms with Crippen LogP contribution < -0.4 is 5.32 Å².